The van der Waals surface area contributed by atoms with Gasteiger partial charge in [-0.05, 0) is 56.0 Å². The van der Waals surface area contributed by atoms with E-state index >= 15 is 0 Å². The molecule has 1 aliphatic rings. The zero-order valence-corrected chi connectivity index (χ0v) is 13.8. The number of aliphatic hydroxyl groups is 1. The van der Waals surface area contributed by atoms with Crippen LogP contribution >= 0.6 is 0 Å². The van der Waals surface area contributed by atoms with Crippen molar-refractivity contribution < 1.29 is 19.4 Å². The standard InChI is InChI=1S/C18H22N2O4/c1-11-6-9-16(24-11)18(2,23)10-19-17(22)20-14-8-7-13-12(14)4-3-5-15(13)21/h3-6,9,14,21,23H,7-8,10H2,1-2H3,(H2,19,20,22). The van der Waals surface area contributed by atoms with Crippen molar-refractivity contribution in [2.75, 3.05) is 6.54 Å². The van der Waals surface area contributed by atoms with Crippen LogP contribution < -0.4 is 10.6 Å². The average Bonchev–Trinajstić information content (AvgIpc) is 3.14. The molecule has 1 heterocycles. The van der Waals surface area contributed by atoms with Crippen molar-refractivity contribution in [2.24, 2.45) is 0 Å². The first-order valence-electron chi connectivity index (χ1n) is 8.01. The molecule has 6 heteroatoms. The van der Waals surface area contributed by atoms with Crippen molar-refractivity contribution in [1.29, 1.82) is 0 Å². The van der Waals surface area contributed by atoms with Crippen molar-refractivity contribution in [3.63, 3.8) is 0 Å². The summed E-state index contributed by atoms with van der Waals surface area (Å²) in [6.45, 7) is 3.42. The van der Waals surface area contributed by atoms with Crippen LogP contribution in [-0.2, 0) is 12.0 Å². The molecular weight excluding hydrogens is 308 g/mol. The van der Waals surface area contributed by atoms with Gasteiger partial charge in [-0.2, -0.15) is 0 Å². The summed E-state index contributed by atoms with van der Waals surface area (Å²) in [4.78, 5) is 12.2. The first-order chi connectivity index (χ1) is 11.4. The van der Waals surface area contributed by atoms with Crippen LogP contribution in [0.3, 0.4) is 0 Å². The predicted molar refractivity (Wildman–Crippen MR) is 88.7 cm³/mol. The van der Waals surface area contributed by atoms with Crippen molar-refractivity contribution in [3.8, 4) is 5.75 Å². The molecule has 128 valence electrons. The molecule has 0 saturated carbocycles. The molecule has 24 heavy (non-hydrogen) atoms. The van der Waals surface area contributed by atoms with E-state index < -0.39 is 5.60 Å². The minimum absolute atomic E-state index is 0.0331. The van der Waals surface area contributed by atoms with E-state index in [9.17, 15) is 15.0 Å². The maximum absolute atomic E-state index is 12.2. The van der Waals surface area contributed by atoms with Gasteiger partial charge in [0.25, 0.3) is 0 Å². The molecule has 0 fully saturated rings. The minimum Gasteiger partial charge on any atom is -0.508 e. The highest BCUT2D eigenvalue weighted by atomic mass is 16.4. The summed E-state index contributed by atoms with van der Waals surface area (Å²) in [6, 6.07) is 8.31. The van der Waals surface area contributed by atoms with Gasteiger partial charge in [0.1, 0.15) is 22.9 Å². The number of hydrogen-bond donors (Lipinski definition) is 4. The van der Waals surface area contributed by atoms with E-state index in [0.717, 1.165) is 24.0 Å². The smallest absolute Gasteiger partial charge is 0.315 e. The van der Waals surface area contributed by atoms with E-state index in [1.807, 2.05) is 6.07 Å². The maximum atomic E-state index is 12.2. The molecule has 1 aromatic heterocycles. The van der Waals surface area contributed by atoms with E-state index in [1.54, 1.807) is 38.1 Å². The highest BCUT2D eigenvalue weighted by Crippen LogP contribution is 2.36. The first-order valence-corrected chi connectivity index (χ1v) is 8.01. The normalized spacial score (nSPS) is 18.7. The van der Waals surface area contributed by atoms with Gasteiger partial charge >= 0.3 is 6.03 Å². The molecule has 3 rings (SSSR count). The number of carbonyl (C=O) groups is 1. The van der Waals surface area contributed by atoms with Crippen LogP contribution in [0.1, 0.15) is 42.0 Å². The van der Waals surface area contributed by atoms with Crippen LogP contribution in [-0.4, -0.2) is 22.8 Å². The van der Waals surface area contributed by atoms with Gasteiger partial charge < -0.3 is 25.3 Å². The molecule has 2 aromatic rings. The number of aryl methyl sites for hydroxylation is 1. The Hall–Kier alpha value is -2.47. The van der Waals surface area contributed by atoms with E-state index in [4.69, 9.17) is 4.42 Å². The van der Waals surface area contributed by atoms with Crippen molar-refractivity contribution in [3.05, 3.63) is 53.0 Å². The fourth-order valence-electron chi connectivity index (χ4n) is 3.06. The van der Waals surface area contributed by atoms with Gasteiger partial charge in [-0.25, -0.2) is 4.79 Å². The summed E-state index contributed by atoms with van der Waals surface area (Å²) in [5.74, 6) is 1.39. The molecule has 4 N–H and O–H groups in total. The van der Waals surface area contributed by atoms with Gasteiger partial charge in [0.15, 0.2) is 0 Å². The molecule has 0 aliphatic heterocycles. The SMILES string of the molecule is Cc1ccc(C(C)(O)CNC(=O)NC2CCc3c(O)cccc32)o1. The van der Waals surface area contributed by atoms with Crippen LogP contribution in [0.4, 0.5) is 4.79 Å². The molecule has 0 spiro atoms. The summed E-state index contributed by atoms with van der Waals surface area (Å²) in [5.41, 5.74) is 0.552. The van der Waals surface area contributed by atoms with Crippen LogP contribution in [0, 0.1) is 6.92 Å². The Labute approximate surface area is 140 Å². The summed E-state index contributed by atoms with van der Waals surface area (Å²) in [5, 5.41) is 25.9. The summed E-state index contributed by atoms with van der Waals surface area (Å²) in [6.07, 6.45) is 1.48. The molecule has 1 aliphatic carbocycles. The van der Waals surface area contributed by atoms with E-state index in [0.29, 0.717) is 11.5 Å². The van der Waals surface area contributed by atoms with E-state index in [1.165, 1.54) is 0 Å². The molecule has 0 bridgehead atoms. The molecule has 2 atom stereocenters. The molecule has 2 amide bonds. The van der Waals surface area contributed by atoms with Crippen LogP contribution in [0.15, 0.2) is 34.7 Å². The lowest BCUT2D eigenvalue weighted by atomic mass is 10.0. The van der Waals surface area contributed by atoms with E-state index in [2.05, 4.69) is 10.6 Å². The van der Waals surface area contributed by atoms with Crippen molar-refractivity contribution in [1.82, 2.24) is 10.6 Å². The van der Waals surface area contributed by atoms with Crippen molar-refractivity contribution in [2.45, 2.75) is 38.3 Å². The van der Waals surface area contributed by atoms with Crippen molar-refractivity contribution >= 4 is 6.03 Å². The van der Waals surface area contributed by atoms with Crippen LogP contribution in [0.5, 0.6) is 5.75 Å². The molecule has 6 nitrogen and oxygen atoms in total. The largest absolute Gasteiger partial charge is 0.508 e. The zero-order valence-electron chi connectivity index (χ0n) is 13.8. The number of furan rings is 1. The quantitative estimate of drug-likeness (QED) is 0.693. The Balaban J connectivity index is 1.59. The Kier molecular flexibility index (Phi) is 4.24. The Morgan fingerprint density at radius 2 is 2.17 bits per heavy atom. The highest BCUT2D eigenvalue weighted by Gasteiger charge is 2.29. The Bertz CT molecular complexity index is 751. The number of hydrogen-bond acceptors (Lipinski definition) is 4. The number of amides is 2. The summed E-state index contributed by atoms with van der Waals surface area (Å²) in [7, 11) is 0. The number of phenols is 1. The summed E-state index contributed by atoms with van der Waals surface area (Å²) < 4.78 is 5.42. The second kappa shape index (κ2) is 6.20. The van der Waals surface area contributed by atoms with Gasteiger partial charge in [0.05, 0.1) is 12.6 Å². The maximum Gasteiger partial charge on any atom is 0.315 e. The first kappa shape index (κ1) is 16.4. The second-order valence-electron chi connectivity index (χ2n) is 6.45. The zero-order chi connectivity index (χ0) is 17.3. The number of benzene rings is 1. The van der Waals surface area contributed by atoms with Crippen LogP contribution in [0.25, 0.3) is 0 Å². The monoisotopic (exact) mass is 330 g/mol. The number of aromatic hydroxyl groups is 1. The number of rotatable bonds is 4. The number of carbonyl (C=O) groups excluding carboxylic acids is 1. The fraction of sp³-hybridized carbons (Fsp3) is 0.389. The highest BCUT2D eigenvalue weighted by molar-refractivity contribution is 5.74. The van der Waals surface area contributed by atoms with Crippen LogP contribution in [0.2, 0.25) is 0 Å². The Morgan fingerprint density at radius 3 is 2.88 bits per heavy atom. The molecule has 0 radical (unpaired) electrons. The number of nitrogens with one attached hydrogen (secondary N) is 2. The number of fused-ring (bicyclic) bond motifs is 1. The number of phenolic OH excluding ortho intramolecular Hbond substituents is 1. The minimum atomic E-state index is -1.28. The van der Waals surface area contributed by atoms with Gasteiger partial charge in [-0.15, -0.1) is 0 Å². The lowest BCUT2D eigenvalue weighted by Crippen LogP contribution is -2.44. The topological polar surface area (TPSA) is 94.7 Å². The van der Waals surface area contributed by atoms with Gasteiger partial charge in [-0.1, -0.05) is 12.1 Å². The summed E-state index contributed by atoms with van der Waals surface area (Å²) >= 11 is 0. The molecular formula is C18H22N2O4. The molecule has 1 aromatic carbocycles. The lowest BCUT2D eigenvalue weighted by Gasteiger charge is -2.22. The van der Waals surface area contributed by atoms with Gasteiger partial charge in [0, 0.05) is 0 Å². The Morgan fingerprint density at radius 1 is 1.38 bits per heavy atom. The molecule has 0 saturated heterocycles. The third kappa shape index (κ3) is 3.23. The van der Waals surface area contributed by atoms with Gasteiger partial charge in [-0.3, -0.25) is 0 Å². The van der Waals surface area contributed by atoms with Gasteiger partial charge in [0.2, 0.25) is 0 Å². The van der Waals surface area contributed by atoms with E-state index in [-0.39, 0.29) is 24.4 Å². The molecule has 2 unspecified atom stereocenters. The average molecular weight is 330 g/mol. The lowest BCUT2D eigenvalue weighted by molar-refractivity contribution is 0.0359. The predicted octanol–water partition coefficient (Wildman–Crippen LogP) is 2.49. The third-order valence-corrected chi connectivity index (χ3v) is 4.42. The second-order valence-corrected chi connectivity index (χ2v) is 6.45. The fourth-order valence-corrected chi connectivity index (χ4v) is 3.06. The number of urea groups is 1. The third-order valence-electron chi connectivity index (χ3n) is 4.42.